The fraction of sp³-hybridized carbons (Fsp3) is 0.647. The summed E-state index contributed by atoms with van der Waals surface area (Å²) < 4.78 is 0. The zero-order valence-electron chi connectivity index (χ0n) is 12.6. The van der Waals surface area contributed by atoms with Crippen molar-refractivity contribution < 1.29 is 0 Å². The van der Waals surface area contributed by atoms with Crippen LogP contribution in [0.1, 0.15) is 37.0 Å². The van der Waals surface area contributed by atoms with Crippen molar-refractivity contribution in [3.8, 4) is 0 Å². The van der Waals surface area contributed by atoms with Gasteiger partial charge in [-0.2, -0.15) is 0 Å². The summed E-state index contributed by atoms with van der Waals surface area (Å²) in [7, 11) is 2.04. The summed E-state index contributed by atoms with van der Waals surface area (Å²) in [5.41, 5.74) is 4.58. The highest BCUT2D eigenvalue weighted by Gasteiger charge is 2.13. The fourth-order valence-corrected chi connectivity index (χ4v) is 2.94. The molecule has 0 amide bonds. The van der Waals surface area contributed by atoms with E-state index in [4.69, 9.17) is 0 Å². The summed E-state index contributed by atoms with van der Waals surface area (Å²) in [6.45, 7) is 7.79. The smallest absolute Gasteiger partial charge is 0.0205 e. The van der Waals surface area contributed by atoms with Gasteiger partial charge in [-0.3, -0.25) is 0 Å². The molecule has 0 saturated carbocycles. The highest BCUT2D eigenvalue weighted by atomic mass is 14.9. The maximum absolute atomic E-state index is 3.62. The minimum atomic E-state index is 0.708. The number of aryl methyl sites for hydroxylation is 2. The first-order valence-electron chi connectivity index (χ1n) is 7.66. The molecule has 0 saturated heterocycles. The second kappa shape index (κ2) is 7.06. The predicted octanol–water partition coefficient (Wildman–Crippen LogP) is 2.76. The van der Waals surface area contributed by atoms with Crippen LogP contribution in [0.15, 0.2) is 18.2 Å². The topological polar surface area (TPSA) is 24.1 Å². The summed E-state index contributed by atoms with van der Waals surface area (Å²) in [6.07, 6.45) is 3.89. The van der Waals surface area contributed by atoms with E-state index >= 15 is 0 Å². The van der Waals surface area contributed by atoms with Crippen LogP contribution >= 0.6 is 0 Å². The minimum Gasteiger partial charge on any atom is -0.319 e. The van der Waals surface area contributed by atoms with Crippen LogP contribution in [-0.4, -0.2) is 20.1 Å². The van der Waals surface area contributed by atoms with Crippen molar-refractivity contribution >= 4 is 0 Å². The summed E-state index contributed by atoms with van der Waals surface area (Å²) in [4.78, 5) is 0. The lowest BCUT2D eigenvalue weighted by Crippen LogP contribution is -2.32. The van der Waals surface area contributed by atoms with Crippen molar-refractivity contribution in [2.45, 2.75) is 39.7 Å². The molecule has 1 aromatic rings. The van der Waals surface area contributed by atoms with Gasteiger partial charge in [0.05, 0.1) is 0 Å². The van der Waals surface area contributed by atoms with Gasteiger partial charge in [0.15, 0.2) is 0 Å². The van der Waals surface area contributed by atoms with Gasteiger partial charge in [0.25, 0.3) is 0 Å². The van der Waals surface area contributed by atoms with E-state index in [2.05, 4.69) is 42.7 Å². The summed E-state index contributed by atoms with van der Waals surface area (Å²) in [5, 5.41) is 6.91. The lowest BCUT2D eigenvalue weighted by Gasteiger charge is -2.21. The van der Waals surface area contributed by atoms with E-state index < -0.39 is 0 Å². The molecule has 2 heteroatoms. The van der Waals surface area contributed by atoms with Crippen LogP contribution < -0.4 is 10.6 Å². The van der Waals surface area contributed by atoms with Gasteiger partial charge in [-0.25, -0.2) is 0 Å². The molecule has 2 nitrogen and oxygen atoms in total. The second-order valence-electron chi connectivity index (χ2n) is 6.15. The van der Waals surface area contributed by atoms with E-state index in [9.17, 15) is 0 Å². The third-order valence-corrected chi connectivity index (χ3v) is 4.31. The molecule has 0 spiro atoms. The molecule has 1 aliphatic rings. The molecule has 0 fully saturated rings. The molecule has 1 aliphatic carbocycles. The van der Waals surface area contributed by atoms with Crippen molar-refractivity contribution in [3.05, 3.63) is 34.9 Å². The number of nitrogens with one attached hydrogen (secondary N) is 2. The second-order valence-corrected chi connectivity index (χ2v) is 6.15. The molecular formula is C17H28N2. The Kier molecular flexibility index (Phi) is 5.41. The van der Waals surface area contributed by atoms with Crippen LogP contribution in [0.5, 0.6) is 0 Å². The maximum Gasteiger partial charge on any atom is 0.0205 e. The molecule has 2 N–H and O–H groups in total. The first-order chi connectivity index (χ1) is 9.20. The van der Waals surface area contributed by atoms with Crippen molar-refractivity contribution in [2.75, 3.05) is 20.1 Å². The highest BCUT2D eigenvalue weighted by molar-refractivity contribution is 5.35. The standard InChI is InChI=1S/C17H28N2/c1-13(2)17(11-18-3)12-19-10-14-7-8-15-5-4-6-16(15)9-14/h7-9,13,17-19H,4-6,10-12H2,1-3H3. The molecule has 0 aliphatic heterocycles. The Morgan fingerprint density at radius 3 is 2.63 bits per heavy atom. The molecule has 0 aromatic heterocycles. The lowest BCUT2D eigenvalue weighted by molar-refractivity contribution is 0.352. The Labute approximate surface area is 118 Å². The Morgan fingerprint density at radius 1 is 1.11 bits per heavy atom. The highest BCUT2D eigenvalue weighted by Crippen LogP contribution is 2.22. The van der Waals surface area contributed by atoms with E-state index in [0.29, 0.717) is 5.92 Å². The lowest BCUT2D eigenvalue weighted by atomic mass is 9.95. The third-order valence-electron chi connectivity index (χ3n) is 4.31. The van der Waals surface area contributed by atoms with Crippen molar-refractivity contribution in [1.29, 1.82) is 0 Å². The van der Waals surface area contributed by atoms with Gasteiger partial charge in [0, 0.05) is 6.54 Å². The molecule has 1 aromatic carbocycles. The molecule has 0 radical (unpaired) electrons. The number of fused-ring (bicyclic) bond motifs is 1. The third kappa shape index (κ3) is 4.05. The van der Waals surface area contributed by atoms with Crippen LogP contribution in [0.4, 0.5) is 0 Å². The number of benzene rings is 1. The van der Waals surface area contributed by atoms with Gasteiger partial charge in [-0.05, 0) is 67.9 Å². The van der Waals surface area contributed by atoms with E-state index in [1.807, 2.05) is 7.05 Å². The molecule has 1 unspecified atom stereocenters. The van der Waals surface area contributed by atoms with E-state index in [1.165, 1.54) is 24.8 Å². The Morgan fingerprint density at radius 2 is 1.89 bits per heavy atom. The Hall–Kier alpha value is -0.860. The SMILES string of the molecule is CNCC(CNCc1ccc2c(c1)CCC2)C(C)C. The quantitative estimate of drug-likeness (QED) is 0.788. The molecule has 19 heavy (non-hydrogen) atoms. The zero-order chi connectivity index (χ0) is 13.7. The minimum absolute atomic E-state index is 0.708. The zero-order valence-corrected chi connectivity index (χ0v) is 12.6. The monoisotopic (exact) mass is 260 g/mol. The number of hydrogen-bond donors (Lipinski definition) is 2. The average Bonchev–Trinajstić information content (AvgIpc) is 2.85. The van der Waals surface area contributed by atoms with Crippen molar-refractivity contribution in [1.82, 2.24) is 10.6 Å². The summed E-state index contributed by atoms with van der Waals surface area (Å²) in [6, 6.07) is 7.02. The molecule has 0 heterocycles. The van der Waals surface area contributed by atoms with Gasteiger partial charge in [0.2, 0.25) is 0 Å². The predicted molar refractivity (Wildman–Crippen MR) is 82.4 cm³/mol. The van der Waals surface area contributed by atoms with Crippen LogP contribution in [0.25, 0.3) is 0 Å². The van der Waals surface area contributed by atoms with E-state index in [1.54, 1.807) is 11.1 Å². The van der Waals surface area contributed by atoms with Crippen LogP contribution in [0, 0.1) is 11.8 Å². The van der Waals surface area contributed by atoms with Crippen LogP contribution in [-0.2, 0) is 19.4 Å². The van der Waals surface area contributed by atoms with Gasteiger partial charge in [0.1, 0.15) is 0 Å². The van der Waals surface area contributed by atoms with Gasteiger partial charge < -0.3 is 10.6 Å². The molecule has 1 atom stereocenters. The Bertz CT molecular complexity index is 398. The van der Waals surface area contributed by atoms with Gasteiger partial charge in [-0.1, -0.05) is 32.0 Å². The van der Waals surface area contributed by atoms with Crippen molar-refractivity contribution in [2.24, 2.45) is 11.8 Å². The van der Waals surface area contributed by atoms with Gasteiger partial charge in [-0.15, -0.1) is 0 Å². The maximum atomic E-state index is 3.62. The van der Waals surface area contributed by atoms with Crippen molar-refractivity contribution in [3.63, 3.8) is 0 Å². The fourth-order valence-electron chi connectivity index (χ4n) is 2.94. The van der Waals surface area contributed by atoms with Crippen LogP contribution in [0.2, 0.25) is 0 Å². The largest absolute Gasteiger partial charge is 0.319 e. The average molecular weight is 260 g/mol. The molecular weight excluding hydrogens is 232 g/mol. The molecule has 2 rings (SSSR count). The number of hydrogen-bond acceptors (Lipinski definition) is 2. The van der Waals surface area contributed by atoms with Crippen LogP contribution in [0.3, 0.4) is 0 Å². The first kappa shape index (κ1) is 14.5. The normalized spacial score (nSPS) is 15.8. The summed E-state index contributed by atoms with van der Waals surface area (Å²) in [5.74, 6) is 1.43. The molecule has 0 bridgehead atoms. The van der Waals surface area contributed by atoms with E-state index in [0.717, 1.165) is 25.6 Å². The van der Waals surface area contributed by atoms with E-state index in [-0.39, 0.29) is 0 Å². The summed E-state index contributed by atoms with van der Waals surface area (Å²) >= 11 is 0. The number of rotatable bonds is 7. The van der Waals surface area contributed by atoms with Gasteiger partial charge >= 0.3 is 0 Å². The first-order valence-corrected chi connectivity index (χ1v) is 7.66. The Balaban J connectivity index is 1.82. The molecule has 106 valence electrons.